The van der Waals surface area contributed by atoms with Gasteiger partial charge in [-0.05, 0) is 33.6 Å². The highest BCUT2D eigenvalue weighted by Gasteiger charge is 1.90. The van der Waals surface area contributed by atoms with Gasteiger partial charge in [-0.3, -0.25) is 0 Å². The SMILES string of the molecule is C#CCSCCNCCCN(C)C. The minimum absolute atomic E-state index is 0.833. The Morgan fingerprint density at radius 3 is 2.77 bits per heavy atom. The number of thioether (sulfide) groups is 1. The van der Waals surface area contributed by atoms with Gasteiger partial charge in [-0.2, -0.15) is 0 Å². The Kier molecular flexibility index (Phi) is 9.78. The highest BCUT2D eigenvalue weighted by Crippen LogP contribution is 1.95. The lowest BCUT2D eigenvalue weighted by Crippen LogP contribution is -2.23. The molecule has 0 aliphatic rings. The van der Waals surface area contributed by atoms with E-state index in [-0.39, 0.29) is 0 Å². The molecule has 0 rings (SSSR count). The third-order valence-electron chi connectivity index (χ3n) is 1.57. The normalized spacial score (nSPS) is 10.3. The molecule has 76 valence electrons. The Bertz CT molecular complexity index is 140. The number of hydrogen-bond donors (Lipinski definition) is 1. The van der Waals surface area contributed by atoms with Crippen molar-refractivity contribution < 1.29 is 0 Å². The summed E-state index contributed by atoms with van der Waals surface area (Å²) in [6.45, 7) is 3.33. The molecule has 0 spiro atoms. The maximum atomic E-state index is 5.13. The van der Waals surface area contributed by atoms with Gasteiger partial charge in [-0.15, -0.1) is 18.2 Å². The first-order valence-corrected chi connectivity index (χ1v) is 5.79. The summed E-state index contributed by atoms with van der Waals surface area (Å²) in [6, 6.07) is 0. The van der Waals surface area contributed by atoms with Crippen molar-refractivity contribution in [3.05, 3.63) is 0 Å². The molecular weight excluding hydrogens is 180 g/mol. The summed E-state index contributed by atoms with van der Waals surface area (Å²) in [4.78, 5) is 2.20. The van der Waals surface area contributed by atoms with Gasteiger partial charge in [0, 0.05) is 12.3 Å². The van der Waals surface area contributed by atoms with Gasteiger partial charge in [0.25, 0.3) is 0 Å². The summed E-state index contributed by atoms with van der Waals surface area (Å²) in [7, 11) is 4.20. The zero-order valence-electron chi connectivity index (χ0n) is 8.68. The molecule has 0 unspecified atom stereocenters. The highest BCUT2D eigenvalue weighted by atomic mass is 32.2. The molecule has 0 heterocycles. The van der Waals surface area contributed by atoms with Gasteiger partial charge in [-0.25, -0.2) is 0 Å². The van der Waals surface area contributed by atoms with E-state index in [1.54, 1.807) is 0 Å². The van der Waals surface area contributed by atoms with Crippen molar-refractivity contribution in [2.45, 2.75) is 6.42 Å². The second-order valence-corrected chi connectivity index (χ2v) is 4.27. The third kappa shape index (κ3) is 11.8. The van der Waals surface area contributed by atoms with Crippen LogP contribution in [-0.2, 0) is 0 Å². The first-order chi connectivity index (χ1) is 6.27. The second-order valence-electron chi connectivity index (χ2n) is 3.16. The van der Waals surface area contributed by atoms with Gasteiger partial charge >= 0.3 is 0 Å². The molecule has 3 heteroatoms. The van der Waals surface area contributed by atoms with Crippen molar-refractivity contribution in [2.75, 3.05) is 45.2 Å². The van der Waals surface area contributed by atoms with Crippen LogP contribution < -0.4 is 5.32 Å². The molecular formula is C10H20N2S. The van der Waals surface area contributed by atoms with E-state index in [9.17, 15) is 0 Å². The van der Waals surface area contributed by atoms with Crippen LogP contribution in [0.2, 0.25) is 0 Å². The molecule has 0 aliphatic carbocycles. The van der Waals surface area contributed by atoms with Gasteiger partial charge in [0.2, 0.25) is 0 Å². The molecule has 0 aliphatic heterocycles. The van der Waals surface area contributed by atoms with E-state index in [0.29, 0.717) is 0 Å². The lowest BCUT2D eigenvalue weighted by molar-refractivity contribution is 0.396. The van der Waals surface area contributed by atoms with Crippen molar-refractivity contribution in [3.63, 3.8) is 0 Å². The van der Waals surface area contributed by atoms with Crippen LogP contribution in [0.25, 0.3) is 0 Å². The molecule has 0 radical (unpaired) electrons. The van der Waals surface area contributed by atoms with Crippen LogP contribution in [0.15, 0.2) is 0 Å². The van der Waals surface area contributed by atoms with E-state index in [4.69, 9.17) is 6.42 Å². The van der Waals surface area contributed by atoms with E-state index in [1.165, 1.54) is 6.42 Å². The van der Waals surface area contributed by atoms with Crippen LogP contribution in [0.4, 0.5) is 0 Å². The van der Waals surface area contributed by atoms with Crippen molar-refractivity contribution in [1.29, 1.82) is 0 Å². The fourth-order valence-corrected chi connectivity index (χ4v) is 1.47. The molecule has 0 atom stereocenters. The summed E-state index contributed by atoms with van der Waals surface area (Å²) in [6.07, 6.45) is 6.34. The first kappa shape index (κ1) is 12.8. The maximum Gasteiger partial charge on any atom is 0.0545 e. The molecule has 0 aromatic heterocycles. The third-order valence-corrected chi connectivity index (χ3v) is 2.43. The molecule has 0 saturated heterocycles. The van der Waals surface area contributed by atoms with E-state index in [2.05, 4.69) is 30.2 Å². The van der Waals surface area contributed by atoms with Crippen molar-refractivity contribution in [3.8, 4) is 12.3 Å². The summed E-state index contributed by atoms with van der Waals surface area (Å²) in [5.41, 5.74) is 0. The standard InChI is InChI=1S/C10H20N2S/c1-4-9-13-10-7-11-6-5-8-12(2)3/h1,11H,5-10H2,2-3H3. The second kappa shape index (κ2) is 9.91. The van der Waals surface area contributed by atoms with Crippen LogP contribution in [-0.4, -0.2) is 50.1 Å². The topological polar surface area (TPSA) is 15.3 Å². The highest BCUT2D eigenvalue weighted by molar-refractivity contribution is 7.99. The minimum Gasteiger partial charge on any atom is -0.316 e. The summed E-state index contributed by atoms with van der Waals surface area (Å²) < 4.78 is 0. The van der Waals surface area contributed by atoms with Crippen molar-refractivity contribution in [2.24, 2.45) is 0 Å². The van der Waals surface area contributed by atoms with E-state index >= 15 is 0 Å². The average Bonchev–Trinajstić information content (AvgIpc) is 2.09. The molecule has 0 aromatic rings. The van der Waals surface area contributed by atoms with Crippen LogP contribution in [0.1, 0.15) is 6.42 Å². The molecule has 0 aromatic carbocycles. The molecule has 0 bridgehead atoms. The van der Waals surface area contributed by atoms with Gasteiger partial charge < -0.3 is 10.2 Å². The number of nitrogens with zero attached hydrogens (tertiary/aromatic N) is 1. The zero-order chi connectivity index (χ0) is 9.94. The van der Waals surface area contributed by atoms with Gasteiger partial charge in [0.1, 0.15) is 0 Å². The summed E-state index contributed by atoms with van der Waals surface area (Å²) >= 11 is 1.81. The zero-order valence-corrected chi connectivity index (χ0v) is 9.49. The predicted octanol–water partition coefficient (Wildman–Crippen LogP) is 0.894. The molecule has 13 heavy (non-hydrogen) atoms. The summed E-state index contributed by atoms with van der Waals surface area (Å²) in [5.74, 6) is 4.56. The average molecular weight is 200 g/mol. The van der Waals surface area contributed by atoms with Crippen LogP contribution >= 0.6 is 11.8 Å². The number of terminal acetylenes is 1. The number of hydrogen-bond acceptors (Lipinski definition) is 3. The number of nitrogens with one attached hydrogen (secondary N) is 1. The Labute approximate surface area is 86.5 Å². The van der Waals surface area contributed by atoms with Crippen LogP contribution in [0, 0.1) is 12.3 Å². The predicted molar refractivity (Wildman–Crippen MR) is 62.2 cm³/mol. The smallest absolute Gasteiger partial charge is 0.0545 e. The largest absolute Gasteiger partial charge is 0.316 e. The maximum absolute atomic E-state index is 5.13. The molecule has 2 nitrogen and oxygen atoms in total. The molecule has 0 saturated carbocycles. The number of rotatable bonds is 8. The van der Waals surface area contributed by atoms with Gasteiger partial charge in [-0.1, -0.05) is 5.92 Å². The molecule has 0 amide bonds. The van der Waals surface area contributed by atoms with Crippen molar-refractivity contribution >= 4 is 11.8 Å². The summed E-state index contributed by atoms with van der Waals surface area (Å²) in [5, 5.41) is 3.38. The Hall–Kier alpha value is -0.170. The molecule has 0 fully saturated rings. The lowest BCUT2D eigenvalue weighted by atomic mass is 10.4. The van der Waals surface area contributed by atoms with Crippen molar-refractivity contribution in [1.82, 2.24) is 10.2 Å². The quantitative estimate of drug-likeness (QED) is 0.463. The minimum atomic E-state index is 0.833. The fourth-order valence-electron chi connectivity index (χ4n) is 0.921. The lowest BCUT2D eigenvalue weighted by Gasteiger charge is -2.09. The Morgan fingerprint density at radius 1 is 1.38 bits per heavy atom. The van der Waals surface area contributed by atoms with Crippen LogP contribution in [0.5, 0.6) is 0 Å². The van der Waals surface area contributed by atoms with Gasteiger partial charge in [0.05, 0.1) is 5.75 Å². The van der Waals surface area contributed by atoms with Crippen LogP contribution in [0.3, 0.4) is 0 Å². The van der Waals surface area contributed by atoms with E-state index in [1.807, 2.05) is 11.8 Å². The van der Waals surface area contributed by atoms with E-state index in [0.717, 1.165) is 31.1 Å². The molecule has 1 N–H and O–H groups in total. The first-order valence-electron chi connectivity index (χ1n) is 4.64. The van der Waals surface area contributed by atoms with E-state index < -0.39 is 0 Å². The fraction of sp³-hybridized carbons (Fsp3) is 0.800. The Morgan fingerprint density at radius 2 is 2.15 bits per heavy atom. The Balaban J connectivity index is 2.88. The van der Waals surface area contributed by atoms with Gasteiger partial charge in [0.15, 0.2) is 0 Å². The monoisotopic (exact) mass is 200 g/mol.